The molecule has 1 aromatic heterocycles. The molecule has 2 N–H and O–H groups in total. The predicted octanol–water partition coefficient (Wildman–Crippen LogP) is 3.61. The van der Waals surface area contributed by atoms with Crippen molar-refractivity contribution < 1.29 is 9.90 Å². The minimum absolute atomic E-state index is 0.190. The highest BCUT2D eigenvalue weighted by molar-refractivity contribution is 6.00. The smallest absolute Gasteiger partial charge is 0.352 e. The monoisotopic (exact) mass is 231 g/mol. The van der Waals surface area contributed by atoms with Crippen LogP contribution in [0.5, 0.6) is 0 Å². The van der Waals surface area contributed by atoms with Crippen molar-refractivity contribution in [1.82, 2.24) is 4.98 Å². The van der Waals surface area contributed by atoms with Crippen molar-refractivity contribution >= 4 is 16.9 Å². The molecule has 0 radical (unpaired) electrons. The zero-order valence-corrected chi connectivity index (χ0v) is 10.6. The van der Waals surface area contributed by atoms with Crippen LogP contribution < -0.4 is 0 Å². The number of aryl methyl sites for hydroxylation is 2. The molecule has 3 heteroatoms. The van der Waals surface area contributed by atoms with Crippen LogP contribution in [0.4, 0.5) is 0 Å². The average Bonchev–Trinajstić information content (AvgIpc) is 2.64. The third-order valence-corrected chi connectivity index (χ3v) is 3.20. The van der Waals surface area contributed by atoms with Gasteiger partial charge in [-0.2, -0.15) is 0 Å². The topological polar surface area (TPSA) is 53.1 Å². The second kappa shape index (κ2) is 3.91. The van der Waals surface area contributed by atoms with E-state index in [1.165, 1.54) is 0 Å². The van der Waals surface area contributed by atoms with Gasteiger partial charge in [-0.1, -0.05) is 26.0 Å². The molecule has 0 amide bonds. The van der Waals surface area contributed by atoms with E-state index in [-0.39, 0.29) is 5.92 Å². The largest absolute Gasteiger partial charge is 0.477 e. The predicted molar refractivity (Wildman–Crippen MR) is 68.8 cm³/mol. The molecule has 0 bridgehead atoms. The Hall–Kier alpha value is -1.77. The molecule has 0 saturated heterocycles. The summed E-state index contributed by atoms with van der Waals surface area (Å²) < 4.78 is 0. The van der Waals surface area contributed by atoms with Gasteiger partial charge in [0.1, 0.15) is 5.69 Å². The molecule has 0 saturated carbocycles. The summed E-state index contributed by atoms with van der Waals surface area (Å²) in [5.41, 5.74) is 4.39. The van der Waals surface area contributed by atoms with Gasteiger partial charge in [0.2, 0.25) is 0 Å². The Morgan fingerprint density at radius 2 is 1.82 bits per heavy atom. The van der Waals surface area contributed by atoms with Gasteiger partial charge in [0.15, 0.2) is 0 Å². The summed E-state index contributed by atoms with van der Waals surface area (Å²) >= 11 is 0. The van der Waals surface area contributed by atoms with Crippen molar-refractivity contribution in [1.29, 1.82) is 0 Å². The van der Waals surface area contributed by atoms with Gasteiger partial charge in [0, 0.05) is 10.9 Å². The summed E-state index contributed by atoms with van der Waals surface area (Å²) in [6.45, 7) is 8.06. The highest BCUT2D eigenvalue weighted by atomic mass is 16.4. The number of hydrogen-bond acceptors (Lipinski definition) is 1. The molecule has 3 nitrogen and oxygen atoms in total. The lowest BCUT2D eigenvalue weighted by Gasteiger charge is -2.07. The molecular weight excluding hydrogens is 214 g/mol. The number of hydrogen-bond donors (Lipinski definition) is 2. The molecule has 0 aliphatic carbocycles. The number of aromatic amines is 1. The Morgan fingerprint density at radius 3 is 2.35 bits per heavy atom. The van der Waals surface area contributed by atoms with Crippen molar-refractivity contribution in [2.75, 3.05) is 0 Å². The van der Waals surface area contributed by atoms with Gasteiger partial charge in [0.05, 0.1) is 0 Å². The van der Waals surface area contributed by atoms with Gasteiger partial charge in [-0.25, -0.2) is 4.79 Å². The summed E-state index contributed by atoms with van der Waals surface area (Å²) in [5, 5.41) is 10.3. The highest BCUT2D eigenvalue weighted by Crippen LogP contribution is 2.33. The summed E-state index contributed by atoms with van der Waals surface area (Å²) in [7, 11) is 0. The van der Waals surface area contributed by atoms with E-state index in [2.05, 4.69) is 4.98 Å². The zero-order valence-electron chi connectivity index (χ0n) is 10.6. The van der Waals surface area contributed by atoms with E-state index in [1.807, 2.05) is 39.8 Å². The molecule has 0 aliphatic rings. The maximum Gasteiger partial charge on any atom is 0.352 e. The van der Waals surface area contributed by atoms with Crippen LogP contribution in [0.3, 0.4) is 0 Å². The molecule has 0 fully saturated rings. The van der Waals surface area contributed by atoms with E-state index in [9.17, 15) is 9.90 Å². The van der Waals surface area contributed by atoms with Crippen molar-refractivity contribution in [2.24, 2.45) is 0 Å². The van der Waals surface area contributed by atoms with Gasteiger partial charge < -0.3 is 10.1 Å². The minimum Gasteiger partial charge on any atom is -0.477 e. The number of aromatic nitrogens is 1. The van der Waals surface area contributed by atoms with E-state index in [4.69, 9.17) is 0 Å². The van der Waals surface area contributed by atoms with Gasteiger partial charge in [-0.3, -0.25) is 0 Å². The number of benzene rings is 1. The number of carboxylic acid groups (broad SMARTS) is 1. The van der Waals surface area contributed by atoms with Crippen LogP contribution in [0, 0.1) is 13.8 Å². The summed E-state index contributed by atoms with van der Waals surface area (Å²) in [4.78, 5) is 14.3. The fourth-order valence-electron chi connectivity index (χ4n) is 2.38. The van der Waals surface area contributed by atoms with Crippen LogP contribution in [-0.4, -0.2) is 16.1 Å². The number of H-pyrrole nitrogens is 1. The standard InChI is InChI=1S/C14H17NO2/c1-7(2)10-11-8(3)5-6-9(4)12(11)15-13(10)14(16)17/h5-7,15H,1-4H3,(H,16,17). The van der Waals surface area contributed by atoms with Crippen LogP contribution in [0.25, 0.3) is 10.9 Å². The Balaban J connectivity index is 2.95. The zero-order chi connectivity index (χ0) is 12.7. The van der Waals surface area contributed by atoms with Gasteiger partial charge in [-0.05, 0) is 36.5 Å². The second-order valence-electron chi connectivity index (χ2n) is 4.82. The lowest BCUT2D eigenvalue weighted by molar-refractivity contribution is 0.0690. The third-order valence-electron chi connectivity index (χ3n) is 3.20. The first-order valence-corrected chi connectivity index (χ1v) is 5.78. The molecule has 2 aromatic rings. The SMILES string of the molecule is Cc1ccc(C)c2c(C(C)C)c(C(=O)O)[nH]c12. The number of aromatic carboxylic acids is 1. The molecule has 1 heterocycles. The van der Waals surface area contributed by atoms with Crippen molar-refractivity contribution in [3.8, 4) is 0 Å². The van der Waals surface area contributed by atoms with E-state index < -0.39 is 5.97 Å². The van der Waals surface area contributed by atoms with Crippen LogP contribution >= 0.6 is 0 Å². The molecule has 1 aromatic carbocycles. The summed E-state index contributed by atoms with van der Waals surface area (Å²) in [6.07, 6.45) is 0. The highest BCUT2D eigenvalue weighted by Gasteiger charge is 2.21. The molecule has 90 valence electrons. The maximum absolute atomic E-state index is 11.3. The lowest BCUT2D eigenvalue weighted by Crippen LogP contribution is -2.02. The minimum atomic E-state index is -0.885. The van der Waals surface area contributed by atoms with E-state index in [0.29, 0.717) is 5.69 Å². The number of rotatable bonds is 2. The molecular formula is C14H17NO2. The molecule has 2 rings (SSSR count). The van der Waals surface area contributed by atoms with E-state index in [1.54, 1.807) is 0 Å². The quantitative estimate of drug-likeness (QED) is 0.829. The number of carboxylic acids is 1. The van der Waals surface area contributed by atoms with Crippen LogP contribution in [0.2, 0.25) is 0 Å². The number of carbonyl (C=O) groups is 1. The molecule has 0 atom stereocenters. The fraction of sp³-hybridized carbons (Fsp3) is 0.357. The van der Waals surface area contributed by atoms with Gasteiger partial charge in [0.25, 0.3) is 0 Å². The number of fused-ring (bicyclic) bond motifs is 1. The Labute approximate surface area is 100 Å². The first-order chi connectivity index (χ1) is 7.93. The normalized spacial score (nSPS) is 11.4. The maximum atomic E-state index is 11.3. The second-order valence-corrected chi connectivity index (χ2v) is 4.82. The van der Waals surface area contributed by atoms with Crippen molar-refractivity contribution in [3.63, 3.8) is 0 Å². The van der Waals surface area contributed by atoms with Crippen LogP contribution in [-0.2, 0) is 0 Å². The Bertz CT molecular complexity index is 594. The summed E-state index contributed by atoms with van der Waals surface area (Å²) in [6, 6.07) is 4.06. The average molecular weight is 231 g/mol. The Kier molecular flexibility index (Phi) is 2.69. The van der Waals surface area contributed by atoms with E-state index >= 15 is 0 Å². The molecule has 0 spiro atoms. The third kappa shape index (κ3) is 1.71. The number of nitrogens with one attached hydrogen (secondary N) is 1. The van der Waals surface area contributed by atoms with Crippen LogP contribution in [0.15, 0.2) is 12.1 Å². The lowest BCUT2D eigenvalue weighted by atomic mass is 9.95. The Morgan fingerprint density at radius 1 is 1.24 bits per heavy atom. The fourth-order valence-corrected chi connectivity index (χ4v) is 2.38. The summed E-state index contributed by atoms with van der Waals surface area (Å²) in [5.74, 6) is -0.695. The molecule has 0 unspecified atom stereocenters. The van der Waals surface area contributed by atoms with Gasteiger partial charge >= 0.3 is 5.97 Å². The molecule has 17 heavy (non-hydrogen) atoms. The van der Waals surface area contributed by atoms with Crippen molar-refractivity contribution in [2.45, 2.75) is 33.6 Å². The van der Waals surface area contributed by atoms with Crippen molar-refractivity contribution in [3.05, 3.63) is 34.5 Å². The van der Waals surface area contributed by atoms with Gasteiger partial charge in [-0.15, -0.1) is 0 Å². The van der Waals surface area contributed by atoms with Crippen LogP contribution in [0.1, 0.15) is 46.9 Å². The van der Waals surface area contributed by atoms with E-state index in [0.717, 1.165) is 27.6 Å². The first-order valence-electron chi connectivity index (χ1n) is 5.78. The first kappa shape index (κ1) is 11.7. The molecule has 0 aliphatic heterocycles.